The maximum Gasteiger partial charge on any atom is 0.255 e. The number of aromatic nitrogens is 1. The zero-order chi connectivity index (χ0) is 27.7. The summed E-state index contributed by atoms with van der Waals surface area (Å²) in [6.07, 6.45) is 6.95. The molecule has 9 heteroatoms. The molecule has 3 aliphatic rings. The Labute approximate surface area is 236 Å². The number of aryl methyl sites for hydroxylation is 3. The molecule has 1 saturated heterocycles. The summed E-state index contributed by atoms with van der Waals surface area (Å²) < 4.78 is 10.9. The van der Waals surface area contributed by atoms with Crippen LogP contribution in [0.25, 0.3) is 0 Å². The fraction of sp³-hybridized carbons (Fsp3) is 0.667. The number of pyridine rings is 1. The number of anilines is 1. The van der Waals surface area contributed by atoms with E-state index >= 15 is 0 Å². The molecule has 0 unspecified atom stereocenters. The monoisotopic (exact) mass is 556 g/mol. The van der Waals surface area contributed by atoms with Gasteiger partial charge < -0.3 is 24.3 Å². The smallest absolute Gasteiger partial charge is 0.255 e. The van der Waals surface area contributed by atoms with E-state index in [1.54, 1.807) is 18.4 Å². The number of H-pyrrole nitrogens is 1. The Morgan fingerprint density at radius 1 is 1.10 bits per heavy atom. The van der Waals surface area contributed by atoms with Crippen molar-refractivity contribution >= 4 is 22.2 Å². The van der Waals surface area contributed by atoms with Gasteiger partial charge in [0.05, 0.1) is 36.4 Å². The second-order valence-electron chi connectivity index (χ2n) is 11.6. The number of carbonyl (C=O) groups is 1. The number of likely N-dealkylation sites (tertiary alicyclic amines) is 1. The summed E-state index contributed by atoms with van der Waals surface area (Å²) in [4.78, 5) is 37.5. The lowest BCUT2D eigenvalue weighted by molar-refractivity contribution is -0.0868. The first-order valence-corrected chi connectivity index (χ1v) is 15.3. The van der Waals surface area contributed by atoms with Gasteiger partial charge in [-0.25, -0.2) is 0 Å². The Morgan fingerprint density at radius 2 is 1.85 bits per heavy atom. The van der Waals surface area contributed by atoms with Crippen molar-refractivity contribution in [3.05, 3.63) is 49.2 Å². The summed E-state index contributed by atoms with van der Waals surface area (Å²) in [5.74, 6) is 0.0686. The van der Waals surface area contributed by atoms with Crippen LogP contribution in [0.3, 0.4) is 0 Å². The Kier molecular flexibility index (Phi) is 8.81. The zero-order valence-electron chi connectivity index (χ0n) is 24.2. The van der Waals surface area contributed by atoms with Crippen LogP contribution in [0, 0.1) is 20.8 Å². The molecule has 1 amide bonds. The molecule has 1 saturated carbocycles. The fourth-order valence-electron chi connectivity index (χ4n) is 6.61. The standard InChI is InChI=1S/C30H44N4O4S/c1-19-15-20(2)31-28(35)25(19)18-33-12-6-7-26-27(29(33)36)21(3)30(39-26)32(4)22-8-10-23(11-9-22)34-16-24(17-34)38-14-13-37-5/h15,22-24H,6-14,16-18H2,1-5H3,(H,31,35). The van der Waals surface area contributed by atoms with E-state index in [2.05, 4.69) is 28.8 Å². The van der Waals surface area contributed by atoms with Crippen LogP contribution in [0.1, 0.15) is 69.7 Å². The average Bonchev–Trinajstić information content (AvgIpc) is 3.12. The lowest BCUT2D eigenvalue weighted by Gasteiger charge is -2.47. The number of ether oxygens (including phenoxy) is 2. The van der Waals surface area contributed by atoms with Crippen LogP contribution < -0.4 is 10.5 Å². The largest absolute Gasteiger partial charge is 0.382 e. The maximum atomic E-state index is 13.8. The van der Waals surface area contributed by atoms with Gasteiger partial charge in [0.1, 0.15) is 0 Å². The van der Waals surface area contributed by atoms with Crippen molar-refractivity contribution in [2.45, 2.75) is 84.0 Å². The predicted molar refractivity (Wildman–Crippen MR) is 156 cm³/mol. The molecule has 5 rings (SSSR count). The molecule has 0 radical (unpaired) electrons. The molecule has 1 N–H and O–H groups in total. The average molecular weight is 557 g/mol. The third-order valence-corrected chi connectivity index (χ3v) is 10.4. The van der Waals surface area contributed by atoms with E-state index in [-0.39, 0.29) is 11.5 Å². The number of nitrogens with zero attached hydrogens (tertiary/aromatic N) is 3. The molecule has 2 aromatic rings. The van der Waals surface area contributed by atoms with Crippen molar-refractivity contribution in [3.8, 4) is 0 Å². The molecule has 2 fully saturated rings. The number of nitrogens with one attached hydrogen (secondary N) is 1. The summed E-state index contributed by atoms with van der Waals surface area (Å²) in [5.41, 5.74) is 4.37. The fourth-order valence-corrected chi connectivity index (χ4v) is 7.98. The van der Waals surface area contributed by atoms with Crippen LogP contribution in [-0.2, 0) is 22.4 Å². The molecule has 0 bridgehead atoms. The minimum atomic E-state index is -0.0878. The van der Waals surface area contributed by atoms with Crippen LogP contribution in [0.4, 0.5) is 5.00 Å². The van der Waals surface area contributed by atoms with Crippen LogP contribution in [0.15, 0.2) is 10.9 Å². The molecule has 0 aromatic carbocycles. The van der Waals surface area contributed by atoms with E-state index in [9.17, 15) is 9.59 Å². The highest BCUT2D eigenvalue weighted by molar-refractivity contribution is 7.16. The van der Waals surface area contributed by atoms with Crippen LogP contribution in [0.2, 0.25) is 0 Å². The van der Waals surface area contributed by atoms with E-state index in [0.29, 0.717) is 50.1 Å². The maximum absolute atomic E-state index is 13.8. The summed E-state index contributed by atoms with van der Waals surface area (Å²) in [6, 6.07) is 3.14. The van der Waals surface area contributed by atoms with Gasteiger partial charge in [0.2, 0.25) is 0 Å². The molecular formula is C30H44N4O4S. The molecule has 1 aliphatic carbocycles. The van der Waals surface area contributed by atoms with Crippen molar-refractivity contribution in [2.75, 3.05) is 51.9 Å². The number of hydrogen-bond donors (Lipinski definition) is 1. The van der Waals surface area contributed by atoms with E-state index in [4.69, 9.17) is 9.47 Å². The number of thiophene rings is 1. The number of carbonyl (C=O) groups excluding carboxylic acids is 1. The lowest BCUT2D eigenvalue weighted by atomic mass is 9.87. The van der Waals surface area contributed by atoms with Gasteiger partial charge in [0.25, 0.3) is 11.5 Å². The lowest BCUT2D eigenvalue weighted by Crippen LogP contribution is -2.58. The van der Waals surface area contributed by atoms with Gasteiger partial charge in [-0.2, -0.15) is 0 Å². The Hall–Kier alpha value is -2.20. The topological polar surface area (TPSA) is 78.1 Å². The highest BCUT2D eigenvalue weighted by Crippen LogP contribution is 2.41. The molecular weight excluding hydrogens is 512 g/mol. The third kappa shape index (κ3) is 5.97. The summed E-state index contributed by atoms with van der Waals surface area (Å²) in [6.45, 7) is 10.4. The Bertz CT molecular complexity index is 1230. The van der Waals surface area contributed by atoms with E-state index in [1.807, 2.05) is 24.8 Å². The quantitative estimate of drug-likeness (QED) is 0.470. The van der Waals surface area contributed by atoms with E-state index < -0.39 is 0 Å². The first kappa shape index (κ1) is 28.3. The van der Waals surface area contributed by atoms with Gasteiger partial charge in [0.15, 0.2) is 0 Å². The first-order chi connectivity index (χ1) is 18.8. The molecule has 2 aromatic heterocycles. The van der Waals surface area contributed by atoms with Gasteiger partial charge in [-0.05, 0) is 76.5 Å². The second-order valence-corrected chi connectivity index (χ2v) is 12.7. The molecule has 214 valence electrons. The van der Waals surface area contributed by atoms with Gasteiger partial charge in [-0.3, -0.25) is 14.5 Å². The van der Waals surface area contributed by atoms with Crippen LogP contribution in [-0.4, -0.2) is 85.9 Å². The number of amides is 1. The normalized spacial score (nSPS) is 22.5. The van der Waals surface area contributed by atoms with Crippen molar-refractivity contribution < 1.29 is 14.3 Å². The molecule has 0 spiro atoms. The molecule has 2 aliphatic heterocycles. The Balaban J connectivity index is 1.22. The Morgan fingerprint density at radius 3 is 2.54 bits per heavy atom. The second kappa shape index (κ2) is 12.1. The van der Waals surface area contributed by atoms with Crippen LogP contribution in [0.5, 0.6) is 0 Å². The highest BCUT2D eigenvalue weighted by Gasteiger charge is 2.37. The highest BCUT2D eigenvalue weighted by atomic mass is 32.1. The molecule has 39 heavy (non-hydrogen) atoms. The first-order valence-electron chi connectivity index (χ1n) is 14.4. The number of fused-ring (bicyclic) bond motifs is 1. The minimum absolute atomic E-state index is 0.0686. The van der Waals surface area contributed by atoms with Gasteiger partial charge in [-0.15, -0.1) is 11.3 Å². The summed E-state index contributed by atoms with van der Waals surface area (Å²) in [5, 5.41) is 1.23. The number of rotatable bonds is 9. The van der Waals surface area contributed by atoms with Gasteiger partial charge in [-0.1, -0.05) is 0 Å². The number of methoxy groups -OCH3 is 1. The SMILES string of the molecule is COCCOC1CN(C2CCC(N(C)c3sc4c(c3C)C(=O)N(Cc3c(C)cc(C)[nH]c3=O)CCC4)CC2)C1. The summed E-state index contributed by atoms with van der Waals surface area (Å²) >= 11 is 1.80. The zero-order valence-corrected chi connectivity index (χ0v) is 25.0. The van der Waals surface area contributed by atoms with Crippen molar-refractivity contribution in [1.29, 1.82) is 0 Å². The van der Waals surface area contributed by atoms with Gasteiger partial charge >= 0.3 is 0 Å². The minimum Gasteiger partial charge on any atom is -0.382 e. The third-order valence-electron chi connectivity index (χ3n) is 8.94. The number of hydrogen-bond acceptors (Lipinski definition) is 7. The summed E-state index contributed by atoms with van der Waals surface area (Å²) in [7, 11) is 3.92. The number of aromatic amines is 1. The molecule has 4 heterocycles. The van der Waals surface area contributed by atoms with Crippen molar-refractivity contribution in [2.24, 2.45) is 0 Å². The van der Waals surface area contributed by atoms with E-state index in [0.717, 1.165) is 48.3 Å². The predicted octanol–water partition coefficient (Wildman–Crippen LogP) is 4.04. The van der Waals surface area contributed by atoms with Crippen molar-refractivity contribution in [1.82, 2.24) is 14.8 Å². The van der Waals surface area contributed by atoms with Gasteiger partial charge in [0, 0.05) is 62.0 Å². The molecule has 0 atom stereocenters. The van der Waals surface area contributed by atoms with Crippen molar-refractivity contribution in [3.63, 3.8) is 0 Å². The van der Waals surface area contributed by atoms with Crippen LogP contribution >= 0.6 is 11.3 Å². The van der Waals surface area contributed by atoms with E-state index in [1.165, 1.54) is 35.6 Å². The molecule has 8 nitrogen and oxygen atoms in total.